The number of ether oxygens (including phenoxy) is 1. The molecule has 0 fully saturated rings. The number of rotatable bonds is 4. The maximum Gasteiger partial charge on any atom is 0.329 e. The third-order valence-electron chi connectivity index (χ3n) is 3.17. The Balaban J connectivity index is 1.97. The molecular weight excluding hydrogens is 374 g/mol. The minimum Gasteiger partial charge on any atom is -0.497 e. The Hall–Kier alpha value is -2.67. The van der Waals surface area contributed by atoms with Gasteiger partial charge < -0.3 is 10.1 Å². The summed E-state index contributed by atoms with van der Waals surface area (Å²) in [6.07, 6.45) is 1.42. The molecule has 0 saturated carbocycles. The lowest BCUT2D eigenvalue weighted by atomic mass is 10.2. The molecule has 2 rings (SSSR count). The van der Waals surface area contributed by atoms with Crippen molar-refractivity contribution in [1.82, 2.24) is 5.43 Å². The van der Waals surface area contributed by atoms with Crippen LogP contribution in [0.3, 0.4) is 0 Å². The van der Waals surface area contributed by atoms with Gasteiger partial charge in [-0.1, -0.05) is 34.1 Å². The molecule has 24 heavy (non-hydrogen) atoms. The Morgan fingerprint density at radius 1 is 1.17 bits per heavy atom. The molecule has 124 valence electrons. The van der Waals surface area contributed by atoms with Crippen LogP contribution in [0.25, 0.3) is 0 Å². The lowest BCUT2D eigenvalue weighted by molar-refractivity contribution is -0.136. The van der Waals surface area contributed by atoms with Gasteiger partial charge in [0.25, 0.3) is 0 Å². The van der Waals surface area contributed by atoms with E-state index in [1.54, 1.807) is 37.4 Å². The number of aryl methyl sites for hydroxylation is 1. The van der Waals surface area contributed by atoms with Gasteiger partial charge >= 0.3 is 11.8 Å². The third-order valence-corrected chi connectivity index (χ3v) is 3.89. The molecular formula is C17H16BrN3O3. The highest BCUT2D eigenvalue weighted by Gasteiger charge is 2.13. The number of para-hydroxylation sites is 1. The highest BCUT2D eigenvalue weighted by molar-refractivity contribution is 9.10. The Morgan fingerprint density at radius 2 is 1.92 bits per heavy atom. The Morgan fingerprint density at radius 3 is 2.62 bits per heavy atom. The normalized spacial score (nSPS) is 10.5. The number of carbonyl (C=O) groups is 2. The summed E-state index contributed by atoms with van der Waals surface area (Å²) < 4.78 is 5.90. The van der Waals surface area contributed by atoms with Crippen molar-refractivity contribution in [3.63, 3.8) is 0 Å². The first-order chi connectivity index (χ1) is 11.5. The quantitative estimate of drug-likeness (QED) is 0.479. The van der Waals surface area contributed by atoms with E-state index >= 15 is 0 Å². The lowest BCUT2D eigenvalue weighted by Crippen LogP contribution is -2.32. The topological polar surface area (TPSA) is 79.8 Å². The number of hydrazone groups is 1. The van der Waals surface area contributed by atoms with E-state index in [4.69, 9.17) is 4.74 Å². The van der Waals surface area contributed by atoms with Gasteiger partial charge in [-0.25, -0.2) is 5.43 Å². The second-order valence-electron chi connectivity index (χ2n) is 4.86. The number of carbonyl (C=O) groups excluding carboxylic acids is 2. The van der Waals surface area contributed by atoms with E-state index < -0.39 is 11.8 Å². The van der Waals surface area contributed by atoms with Gasteiger partial charge in [0.15, 0.2) is 0 Å². The molecule has 0 heterocycles. The SMILES string of the molecule is COc1ccc(Br)c(/C=N/NC(=O)C(=O)Nc2ccccc2C)c1. The standard InChI is InChI=1S/C17H16BrN3O3/c1-11-5-3-4-6-15(11)20-16(22)17(23)21-19-10-12-9-13(24-2)7-8-14(12)18/h3-10H,1-2H3,(H,20,22)(H,21,23)/b19-10+. The van der Waals surface area contributed by atoms with Crippen molar-refractivity contribution >= 4 is 39.6 Å². The van der Waals surface area contributed by atoms with Crippen molar-refractivity contribution in [2.45, 2.75) is 6.92 Å². The van der Waals surface area contributed by atoms with Gasteiger partial charge in [0.2, 0.25) is 0 Å². The number of hydrogen-bond donors (Lipinski definition) is 2. The van der Waals surface area contributed by atoms with Crippen LogP contribution in [0, 0.1) is 6.92 Å². The molecule has 0 saturated heterocycles. The largest absolute Gasteiger partial charge is 0.497 e. The predicted octanol–water partition coefficient (Wildman–Crippen LogP) is 2.85. The number of nitrogens with one attached hydrogen (secondary N) is 2. The zero-order valence-electron chi connectivity index (χ0n) is 13.2. The van der Waals surface area contributed by atoms with E-state index in [-0.39, 0.29) is 0 Å². The number of halogens is 1. The van der Waals surface area contributed by atoms with Crippen LogP contribution in [-0.4, -0.2) is 25.1 Å². The van der Waals surface area contributed by atoms with E-state index in [2.05, 4.69) is 31.8 Å². The van der Waals surface area contributed by atoms with E-state index in [1.165, 1.54) is 6.21 Å². The van der Waals surface area contributed by atoms with Crippen molar-refractivity contribution < 1.29 is 14.3 Å². The van der Waals surface area contributed by atoms with Crippen LogP contribution in [0.4, 0.5) is 5.69 Å². The first kappa shape index (κ1) is 17.7. The molecule has 2 aromatic rings. The van der Waals surface area contributed by atoms with Crippen LogP contribution in [0.5, 0.6) is 5.75 Å². The van der Waals surface area contributed by atoms with E-state index in [1.807, 2.05) is 19.1 Å². The summed E-state index contributed by atoms with van der Waals surface area (Å²) in [5, 5.41) is 6.33. The minimum atomic E-state index is -0.853. The maximum absolute atomic E-state index is 11.8. The van der Waals surface area contributed by atoms with Crippen molar-refractivity contribution in [1.29, 1.82) is 0 Å². The van der Waals surface area contributed by atoms with Crippen LogP contribution in [0.15, 0.2) is 52.0 Å². The molecule has 0 spiro atoms. The summed E-state index contributed by atoms with van der Waals surface area (Å²) in [5.41, 5.74) is 4.34. The van der Waals surface area contributed by atoms with Gasteiger partial charge in [-0.2, -0.15) is 5.10 Å². The Kier molecular flexibility index (Phi) is 6.08. The van der Waals surface area contributed by atoms with Crippen molar-refractivity contribution in [2.75, 3.05) is 12.4 Å². The number of benzene rings is 2. The Labute approximate surface area is 148 Å². The molecule has 0 unspecified atom stereocenters. The minimum absolute atomic E-state index is 0.581. The van der Waals surface area contributed by atoms with Crippen LogP contribution < -0.4 is 15.5 Å². The molecule has 0 aromatic heterocycles. The molecule has 0 aliphatic carbocycles. The zero-order chi connectivity index (χ0) is 17.5. The van der Waals surface area contributed by atoms with Gasteiger partial charge in [-0.05, 0) is 36.8 Å². The van der Waals surface area contributed by atoms with Gasteiger partial charge in [0.1, 0.15) is 5.75 Å². The summed E-state index contributed by atoms with van der Waals surface area (Å²) in [5.74, 6) is -0.983. The predicted molar refractivity (Wildman–Crippen MR) is 96.2 cm³/mol. The molecule has 0 aliphatic rings. The number of amides is 2. The van der Waals surface area contributed by atoms with Gasteiger partial charge in [-0.3, -0.25) is 9.59 Å². The lowest BCUT2D eigenvalue weighted by Gasteiger charge is -2.06. The molecule has 0 radical (unpaired) electrons. The molecule has 2 aromatic carbocycles. The van der Waals surface area contributed by atoms with Crippen LogP contribution >= 0.6 is 15.9 Å². The first-order valence-electron chi connectivity index (χ1n) is 7.05. The van der Waals surface area contributed by atoms with Gasteiger partial charge in [-0.15, -0.1) is 0 Å². The molecule has 0 bridgehead atoms. The second-order valence-corrected chi connectivity index (χ2v) is 5.71. The molecule has 7 heteroatoms. The maximum atomic E-state index is 11.8. The molecule has 6 nitrogen and oxygen atoms in total. The van der Waals surface area contributed by atoms with Crippen molar-refractivity contribution in [3.05, 3.63) is 58.1 Å². The summed E-state index contributed by atoms with van der Waals surface area (Å²) in [6, 6.07) is 12.5. The number of hydrogen-bond acceptors (Lipinski definition) is 4. The zero-order valence-corrected chi connectivity index (χ0v) is 14.8. The van der Waals surface area contributed by atoms with Gasteiger partial charge in [0, 0.05) is 15.7 Å². The van der Waals surface area contributed by atoms with Crippen molar-refractivity contribution in [2.24, 2.45) is 5.10 Å². The smallest absolute Gasteiger partial charge is 0.329 e. The Bertz CT molecular complexity index is 790. The fraction of sp³-hybridized carbons (Fsp3) is 0.118. The summed E-state index contributed by atoms with van der Waals surface area (Å²) in [6.45, 7) is 1.84. The van der Waals surface area contributed by atoms with E-state index in [0.717, 1.165) is 10.0 Å². The molecule has 2 amide bonds. The van der Waals surface area contributed by atoms with E-state index in [9.17, 15) is 9.59 Å². The monoisotopic (exact) mass is 389 g/mol. The molecule has 0 aliphatic heterocycles. The number of methoxy groups -OCH3 is 1. The summed E-state index contributed by atoms with van der Waals surface area (Å²) in [7, 11) is 1.56. The van der Waals surface area contributed by atoms with Crippen LogP contribution in [0.1, 0.15) is 11.1 Å². The molecule has 2 N–H and O–H groups in total. The second kappa shape index (κ2) is 8.26. The fourth-order valence-corrected chi connectivity index (χ4v) is 2.20. The van der Waals surface area contributed by atoms with Crippen LogP contribution in [0.2, 0.25) is 0 Å². The number of nitrogens with zero attached hydrogens (tertiary/aromatic N) is 1. The number of anilines is 1. The van der Waals surface area contributed by atoms with Crippen LogP contribution in [-0.2, 0) is 9.59 Å². The molecule has 0 atom stereocenters. The highest BCUT2D eigenvalue weighted by atomic mass is 79.9. The summed E-state index contributed by atoms with van der Waals surface area (Å²) >= 11 is 3.37. The van der Waals surface area contributed by atoms with E-state index in [0.29, 0.717) is 17.0 Å². The first-order valence-corrected chi connectivity index (χ1v) is 7.84. The average Bonchev–Trinajstić information content (AvgIpc) is 2.58. The average molecular weight is 390 g/mol. The highest BCUT2D eigenvalue weighted by Crippen LogP contribution is 2.20. The van der Waals surface area contributed by atoms with Gasteiger partial charge in [0.05, 0.1) is 13.3 Å². The third kappa shape index (κ3) is 4.66. The fourth-order valence-electron chi connectivity index (χ4n) is 1.85. The summed E-state index contributed by atoms with van der Waals surface area (Å²) in [4.78, 5) is 23.6. The van der Waals surface area contributed by atoms with Crippen molar-refractivity contribution in [3.8, 4) is 5.75 Å².